The first-order valence-electron chi connectivity index (χ1n) is 5.25. The fraction of sp³-hybridized carbons (Fsp3) is 0.0714. The summed E-state index contributed by atoms with van der Waals surface area (Å²) in [5.74, 6) is -1.27. The van der Waals surface area contributed by atoms with E-state index in [1.807, 2.05) is 0 Å². The van der Waals surface area contributed by atoms with Crippen LogP contribution in [0.4, 0.5) is 8.78 Å². The zero-order valence-corrected chi connectivity index (χ0v) is 9.32. The third-order valence-electron chi connectivity index (χ3n) is 2.50. The normalized spacial score (nSPS) is 10.1. The highest BCUT2D eigenvalue weighted by Crippen LogP contribution is 2.19. The predicted octanol–water partition coefficient (Wildman–Crippen LogP) is 3.13. The van der Waals surface area contributed by atoms with Crippen molar-refractivity contribution in [1.29, 1.82) is 5.26 Å². The van der Waals surface area contributed by atoms with Gasteiger partial charge in [-0.1, -0.05) is 6.07 Å². The first-order chi connectivity index (χ1) is 8.58. The number of halogens is 2. The molecule has 2 aromatic rings. The Morgan fingerprint density at radius 1 is 1.06 bits per heavy atom. The molecule has 0 atom stereocenters. The Hall–Kier alpha value is -2.41. The molecule has 1 N–H and O–H groups in total. The second-order valence-electron chi connectivity index (χ2n) is 3.92. The van der Waals surface area contributed by atoms with Gasteiger partial charge < -0.3 is 5.11 Å². The molecule has 2 aromatic carbocycles. The summed E-state index contributed by atoms with van der Waals surface area (Å²) in [6, 6.07) is 9.61. The van der Waals surface area contributed by atoms with Gasteiger partial charge in [0.2, 0.25) is 0 Å². The molecular weight excluding hydrogens is 236 g/mol. The van der Waals surface area contributed by atoms with Crippen LogP contribution in [0.15, 0.2) is 36.4 Å². The highest BCUT2D eigenvalue weighted by molar-refractivity contribution is 5.38. The van der Waals surface area contributed by atoms with Crippen LogP contribution in [-0.4, -0.2) is 5.11 Å². The van der Waals surface area contributed by atoms with Gasteiger partial charge >= 0.3 is 0 Å². The van der Waals surface area contributed by atoms with Crippen molar-refractivity contribution in [3.63, 3.8) is 0 Å². The summed E-state index contributed by atoms with van der Waals surface area (Å²) in [5.41, 5.74) is 1.19. The Bertz CT molecular complexity index is 612. The van der Waals surface area contributed by atoms with Gasteiger partial charge in [0.15, 0.2) is 0 Å². The Morgan fingerprint density at radius 2 is 1.83 bits per heavy atom. The maximum absolute atomic E-state index is 13.1. The van der Waals surface area contributed by atoms with E-state index in [9.17, 15) is 13.9 Å². The number of nitriles is 1. The minimum atomic E-state index is -0.580. The molecule has 0 unspecified atom stereocenters. The Morgan fingerprint density at radius 3 is 2.50 bits per heavy atom. The molecule has 0 heterocycles. The van der Waals surface area contributed by atoms with E-state index in [1.54, 1.807) is 6.07 Å². The second-order valence-corrected chi connectivity index (χ2v) is 3.92. The molecule has 0 amide bonds. The van der Waals surface area contributed by atoms with E-state index >= 15 is 0 Å². The van der Waals surface area contributed by atoms with Crippen LogP contribution < -0.4 is 0 Å². The fourth-order valence-electron chi connectivity index (χ4n) is 1.74. The van der Waals surface area contributed by atoms with Crippen molar-refractivity contribution in [1.82, 2.24) is 0 Å². The fourth-order valence-corrected chi connectivity index (χ4v) is 1.74. The third-order valence-corrected chi connectivity index (χ3v) is 2.50. The van der Waals surface area contributed by atoms with Crippen LogP contribution in [0, 0.1) is 23.0 Å². The van der Waals surface area contributed by atoms with Crippen LogP contribution in [0.2, 0.25) is 0 Å². The van der Waals surface area contributed by atoms with E-state index in [1.165, 1.54) is 30.3 Å². The zero-order valence-electron chi connectivity index (χ0n) is 9.32. The van der Waals surface area contributed by atoms with Crippen molar-refractivity contribution in [2.24, 2.45) is 0 Å². The van der Waals surface area contributed by atoms with Gasteiger partial charge in [-0.3, -0.25) is 0 Å². The van der Waals surface area contributed by atoms with E-state index in [0.717, 1.165) is 6.07 Å². The monoisotopic (exact) mass is 245 g/mol. The largest absolute Gasteiger partial charge is 0.508 e. The minimum Gasteiger partial charge on any atom is -0.508 e. The number of nitrogens with zero attached hydrogens (tertiary/aromatic N) is 1. The van der Waals surface area contributed by atoms with Crippen molar-refractivity contribution < 1.29 is 13.9 Å². The van der Waals surface area contributed by atoms with Gasteiger partial charge in [0.05, 0.1) is 5.56 Å². The number of rotatable bonds is 2. The molecule has 0 saturated heterocycles. The summed E-state index contributed by atoms with van der Waals surface area (Å²) in [7, 11) is 0. The molecule has 2 rings (SSSR count). The predicted molar refractivity (Wildman–Crippen MR) is 62.0 cm³/mol. The van der Waals surface area contributed by atoms with Crippen LogP contribution in [0.3, 0.4) is 0 Å². The maximum atomic E-state index is 13.1. The van der Waals surface area contributed by atoms with Gasteiger partial charge in [-0.15, -0.1) is 0 Å². The zero-order chi connectivity index (χ0) is 13.1. The lowest BCUT2D eigenvalue weighted by molar-refractivity contribution is 0.468. The van der Waals surface area contributed by atoms with Gasteiger partial charge in [-0.05, 0) is 41.8 Å². The van der Waals surface area contributed by atoms with E-state index in [4.69, 9.17) is 5.26 Å². The summed E-state index contributed by atoms with van der Waals surface area (Å²) in [6.45, 7) is 0. The second kappa shape index (κ2) is 4.84. The SMILES string of the molecule is N#Cc1cc(Cc2cc(O)cc(F)c2)ccc1F. The third kappa shape index (κ3) is 2.64. The highest BCUT2D eigenvalue weighted by Gasteiger charge is 2.05. The van der Waals surface area contributed by atoms with Gasteiger partial charge in [0.1, 0.15) is 23.5 Å². The highest BCUT2D eigenvalue weighted by atomic mass is 19.1. The maximum Gasteiger partial charge on any atom is 0.140 e. The molecule has 0 aliphatic heterocycles. The Balaban J connectivity index is 2.31. The van der Waals surface area contributed by atoms with Crippen molar-refractivity contribution >= 4 is 0 Å². The van der Waals surface area contributed by atoms with E-state index < -0.39 is 11.6 Å². The minimum absolute atomic E-state index is 0.0480. The summed E-state index contributed by atoms with van der Waals surface area (Å²) in [6.07, 6.45) is 0.320. The van der Waals surface area contributed by atoms with Crippen molar-refractivity contribution in [3.05, 3.63) is 64.7 Å². The number of hydrogen-bond acceptors (Lipinski definition) is 2. The molecule has 0 aliphatic rings. The molecule has 90 valence electrons. The quantitative estimate of drug-likeness (QED) is 0.883. The standard InChI is InChI=1S/C14H9F2NO/c15-12-5-10(6-13(18)7-12)3-9-1-2-14(16)11(4-9)8-17/h1-2,4-7,18H,3H2. The van der Waals surface area contributed by atoms with Crippen LogP contribution in [0.1, 0.15) is 16.7 Å². The average molecular weight is 245 g/mol. The lowest BCUT2D eigenvalue weighted by Crippen LogP contribution is -1.92. The van der Waals surface area contributed by atoms with E-state index in [2.05, 4.69) is 0 Å². The molecule has 0 bridgehead atoms. The molecule has 2 nitrogen and oxygen atoms in total. The van der Waals surface area contributed by atoms with Crippen LogP contribution in [0.5, 0.6) is 5.75 Å². The smallest absolute Gasteiger partial charge is 0.140 e. The lowest BCUT2D eigenvalue weighted by Gasteiger charge is -2.04. The van der Waals surface area contributed by atoms with Crippen molar-refractivity contribution in [2.75, 3.05) is 0 Å². The van der Waals surface area contributed by atoms with Crippen molar-refractivity contribution in [2.45, 2.75) is 6.42 Å². The molecule has 0 aliphatic carbocycles. The molecule has 0 fully saturated rings. The Labute approximate surface area is 103 Å². The van der Waals surface area contributed by atoms with Gasteiger partial charge in [0, 0.05) is 6.07 Å². The van der Waals surface area contributed by atoms with Gasteiger partial charge in [-0.25, -0.2) is 8.78 Å². The van der Waals surface area contributed by atoms with E-state index in [0.29, 0.717) is 17.5 Å². The van der Waals surface area contributed by atoms with Gasteiger partial charge in [-0.2, -0.15) is 5.26 Å². The molecule has 18 heavy (non-hydrogen) atoms. The topological polar surface area (TPSA) is 44.0 Å². The molecular formula is C14H9F2NO. The van der Waals surface area contributed by atoms with Gasteiger partial charge in [0.25, 0.3) is 0 Å². The number of aromatic hydroxyl groups is 1. The molecule has 0 aromatic heterocycles. The molecule has 4 heteroatoms. The summed E-state index contributed by atoms with van der Waals surface area (Å²) < 4.78 is 26.2. The summed E-state index contributed by atoms with van der Waals surface area (Å²) in [4.78, 5) is 0. The number of hydrogen-bond donors (Lipinski definition) is 1. The van der Waals surface area contributed by atoms with Crippen LogP contribution >= 0.6 is 0 Å². The number of benzene rings is 2. The first kappa shape index (κ1) is 12.1. The summed E-state index contributed by atoms with van der Waals surface area (Å²) in [5, 5.41) is 18.0. The molecule has 0 spiro atoms. The van der Waals surface area contributed by atoms with Crippen molar-refractivity contribution in [3.8, 4) is 11.8 Å². The van der Waals surface area contributed by atoms with E-state index in [-0.39, 0.29) is 11.3 Å². The molecule has 0 saturated carbocycles. The van der Waals surface area contributed by atoms with Crippen LogP contribution in [0.25, 0.3) is 0 Å². The number of phenolic OH excluding ortho intramolecular Hbond substituents is 1. The van der Waals surface area contributed by atoms with Crippen LogP contribution in [-0.2, 0) is 6.42 Å². The average Bonchev–Trinajstić information content (AvgIpc) is 2.30. The lowest BCUT2D eigenvalue weighted by atomic mass is 10.0. The summed E-state index contributed by atoms with van der Waals surface area (Å²) >= 11 is 0. The Kier molecular flexibility index (Phi) is 3.24. The molecule has 0 radical (unpaired) electrons. The number of phenols is 1. The first-order valence-corrected chi connectivity index (χ1v) is 5.25.